The summed E-state index contributed by atoms with van der Waals surface area (Å²) in [6, 6.07) is 10.2. The Morgan fingerprint density at radius 2 is 1.94 bits per heavy atom. The lowest BCUT2D eigenvalue weighted by Crippen LogP contribution is -2.44. The minimum atomic E-state index is -4.47. The first-order valence-electron chi connectivity index (χ1n) is 9.91. The Morgan fingerprint density at radius 1 is 1.12 bits per heavy atom. The van der Waals surface area contributed by atoms with Crippen LogP contribution in [0.3, 0.4) is 0 Å². The van der Waals surface area contributed by atoms with Crippen molar-refractivity contribution in [3.63, 3.8) is 0 Å². The Morgan fingerprint density at radius 3 is 2.62 bits per heavy atom. The van der Waals surface area contributed by atoms with Crippen LogP contribution in [-0.4, -0.2) is 39.8 Å². The number of amides is 2. The Balaban J connectivity index is 1.50. The number of piperidine rings is 1. The van der Waals surface area contributed by atoms with Gasteiger partial charge in [-0.1, -0.05) is 6.07 Å². The summed E-state index contributed by atoms with van der Waals surface area (Å²) >= 11 is 0. The van der Waals surface area contributed by atoms with Crippen LogP contribution < -0.4 is 10.5 Å². The van der Waals surface area contributed by atoms with Gasteiger partial charge >= 0.3 is 6.18 Å². The standard InChI is InChI=1S/C22H19F3N4O3/c23-22(24,25)15-4-8-19(27-11-15)32-16-5-7-17-13(10-16)3-6-18(28-17)21(31)29-9-1-2-14(12-29)20(26)30/h3-8,10-11,14H,1-2,9,12H2,(H2,26,30). The summed E-state index contributed by atoms with van der Waals surface area (Å²) in [5, 5.41) is 0.680. The fourth-order valence-corrected chi connectivity index (χ4v) is 3.57. The quantitative estimate of drug-likeness (QED) is 0.661. The van der Waals surface area contributed by atoms with Crippen molar-refractivity contribution in [1.29, 1.82) is 0 Å². The molecule has 0 radical (unpaired) electrons. The third-order valence-electron chi connectivity index (χ3n) is 5.28. The van der Waals surface area contributed by atoms with Crippen molar-refractivity contribution in [3.05, 3.63) is 59.9 Å². The molecule has 1 fully saturated rings. The van der Waals surface area contributed by atoms with Gasteiger partial charge in [-0.15, -0.1) is 0 Å². The zero-order chi connectivity index (χ0) is 22.9. The normalized spacial score (nSPS) is 16.7. The summed E-state index contributed by atoms with van der Waals surface area (Å²) in [6.07, 6.45) is -2.39. The second-order valence-corrected chi connectivity index (χ2v) is 7.53. The van der Waals surface area contributed by atoms with Gasteiger partial charge in [0, 0.05) is 30.7 Å². The number of carbonyl (C=O) groups is 2. The molecule has 2 N–H and O–H groups in total. The maximum absolute atomic E-state index is 12.8. The molecule has 3 heterocycles. The Kier molecular flexibility index (Phi) is 5.68. The Hall–Kier alpha value is -3.69. The maximum Gasteiger partial charge on any atom is 0.417 e. The van der Waals surface area contributed by atoms with Crippen molar-refractivity contribution in [2.24, 2.45) is 11.7 Å². The van der Waals surface area contributed by atoms with Crippen LogP contribution in [0.2, 0.25) is 0 Å². The van der Waals surface area contributed by atoms with Crippen molar-refractivity contribution in [2.75, 3.05) is 13.1 Å². The number of pyridine rings is 2. The Bertz CT molecular complexity index is 1170. The molecule has 10 heteroatoms. The van der Waals surface area contributed by atoms with Crippen molar-refractivity contribution >= 4 is 22.7 Å². The molecule has 0 bridgehead atoms. The minimum absolute atomic E-state index is 0.0196. The highest BCUT2D eigenvalue weighted by molar-refractivity contribution is 5.95. The predicted octanol–water partition coefficient (Wildman–Crippen LogP) is 3.78. The molecule has 0 spiro atoms. The second-order valence-electron chi connectivity index (χ2n) is 7.53. The predicted molar refractivity (Wildman–Crippen MR) is 109 cm³/mol. The zero-order valence-corrected chi connectivity index (χ0v) is 16.8. The van der Waals surface area contributed by atoms with E-state index >= 15 is 0 Å². The first-order chi connectivity index (χ1) is 15.2. The van der Waals surface area contributed by atoms with Gasteiger partial charge in [0.15, 0.2) is 0 Å². The summed E-state index contributed by atoms with van der Waals surface area (Å²) in [4.78, 5) is 34.0. The van der Waals surface area contributed by atoms with Crippen molar-refractivity contribution in [2.45, 2.75) is 19.0 Å². The van der Waals surface area contributed by atoms with Crippen LogP contribution in [0.4, 0.5) is 13.2 Å². The number of alkyl halides is 3. The topological polar surface area (TPSA) is 98.4 Å². The third-order valence-corrected chi connectivity index (χ3v) is 5.28. The molecule has 0 aliphatic carbocycles. The minimum Gasteiger partial charge on any atom is -0.439 e. The molecule has 166 valence electrons. The van der Waals surface area contributed by atoms with Crippen LogP contribution in [0.25, 0.3) is 10.9 Å². The number of nitrogens with zero attached hydrogens (tertiary/aromatic N) is 3. The van der Waals surface area contributed by atoms with Gasteiger partial charge in [0.1, 0.15) is 11.4 Å². The smallest absolute Gasteiger partial charge is 0.417 e. The van der Waals surface area contributed by atoms with Crippen LogP contribution in [0, 0.1) is 5.92 Å². The van der Waals surface area contributed by atoms with E-state index in [1.165, 1.54) is 0 Å². The number of benzene rings is 1. The van der Waals surface area contributed by atoms with Crippen LogP contribution in [0.1, 0.15) is 28.9 Å². The average Bonchev–Trinajstić information content (AvgIpc) is 2.78. The number of rotatable bonds is 4. The first kappa shape index (κ1) is 21.5. The number of likely N-dealkylation sites (tertiary alicyclic amines) is 1. The zero-order valence-electron chi connectivity index (χ0n) is 16.8. The molecular formula is C22H19F3N4O3. The highest BCUT2D eigenvalue weighted by Gasteiger charge is 2.31. The molecule has 1 unspecified atom stereocenters. The first-order valence-corrected chi connectivity index (χ1v) is 9.91. The van der Waals surface area contributed by atoms with Crippen molar-refractivity contribution in [3.8, 4) is 11.6 Å². The number of nitrogens with two attached hydrogens (primary N) is 1. The Labute approximate surface area is 181 Å². The van der Waals surface area contributed by atoms with E-state index in [4.69, 9.17) is 10.5 Å². The monoisotopic (exact) mass is 444 g/mol. The molecule has 2 amide bonds. The van der Waals surface area contributed by atoms with Gasteiger partial charge in [-0.3, -0.25) is 9.59 Å². The largest absolute Gasteiger partial charge is 0.439 e. The number of ether oxygens (including phenoxy) is 1. The van der Waals surface area contributed by atoms with Gasteiger partial charge < -0.3 is 15.4 Å². The van der Waals surface area contributed by atoms with E-state index in [2.05, 4.69) is 9.97 Å². The van der Waals surface area contributed by atoms with Crippen LogP contribution in [-0.2, 0) is 11.0 Å². The molecule has 7 nitrogen and oxygen atoms in total. The molecule has 32 heavy (non-hydrogen) atoms. The van der Waals surface area contributed by atoms with Crippen LogP contribution in [0.15, 0.2) is 48.7 Å². The molecule has 3 aromatic rings. The molecule has 4 rings (SSSR count). The van der Waals surface area contributed by atoms with Gasteiger partial charge in [0.2, 0.25) is 11.8 Å². The lowest BCUT2D eigenvalue weighted by atomic mass is 9.97. The number of primary amides is 1. The second kappa shape index (κ2) is 8.45. The fraction of sp³-hybridized carbons (Fsp3) is 0.273. The van der Waals surface area contributed by atoms with Gasteiger partial charge in [0.25, 0.3) is 5.91 Å². The molecule has 2 aromatic heterocycles. The lowest BCUT2D eigenvalue weighted by molar-refractivity contribution is -0.137. The fourth-order valence-electron chi connectivity index (χ4n) is 3.57. The van der Waals surface area contributed by atoms with Crippen molar-refractivity contribution < 1.29 is 27.5 Å². The lowest BCUT2D eigenvalue weighted by Gasteiger charge is -2.31. The van der Waals surface area contributed by atoms with E-state index in [9.17, 15) is 22.8 Å². The van der Waals surface area contributed by atoms with Gasteiger partial charge in [-0.25, -0.2) is 9.97 Å². The highest BCUT2D eigenvalue weighted by atomic mass is 19.4. The summed E-state index contributed by atoms with van der Waals surface area (Å²) in [5.74, 6) is -0.653. The SMILES string of the molecule is NC(=O)C1CCCN(C(=O)c2ccc3cc(Oc4ccc(C(F)(F)F)cn4)ccc3n2)C1. The van der Waals surface area contributed by atoms with E-state index in [1.54, 1.807) is 35.2 Å². The molecule has 1 atom stereocenters. The van der Waals surface area contributed by atoms with Gasteiger partial charge in [0.05, 0.1) is 17.0 Å². The van der Waals surface area contributed by atoms with Gasteiger partial charge in [-0.2, -0.15) is 13.2 Å². The van der Waals surface area contributed by atoms with E-state index < -0.39 is 17.6 Å². The number of fused-ring (bicyclic) bond motifs is 1. The number of halogens is 3. The summed E-state index contributed by atoms with van der Waals surface area (Å²) in [5.41, 5.74) is 5.32. The van der Waals surface area contributed by atoms with Crippen molar-refractivity contribution in [1.82, 2.24) is 14.9 Å². The maximum atomic E-state index is 12.8. The molecule has 1 aliphatic rings. The third kappa shape index (κ3) is 4.63. The number of hydrogen-bond donors (Lipinski definition) is 1. The van der Waals surface area contributed by atoms with E-state index in [0.717, 1.165) is 12.1 Å². The average molecular weight is 444 g/mol. The van der Waals surface area contributed by atoms with Gasteiger partial charge in [-0.05, 0) is 43.2 Å². The van der Waals surface area contributed by atoms with Crippen LogP contribution in [0.5, 0.6) is 11.6 Å². The molecule has 1 aromatic carbocycles. The number of carbonyl (C=O) groups excluding carboxylic acids is 2. The van der Waals surface area contributed by atoms with E-state index in [0.29, 0.717) is 42.2 Å². The van der Waals surface area contributed by atoms with Crippen LogP contribution >= 0.6 is 0 Å². The summed E-state index contributed by atoms with van der Waals surface area (Å²) in [6.45, 7) is 0.816. The highest BCUT2D eigenvalue weighted by Crippen LogP contribution is 2.30. The molecule has 1 saturated heterocycles. The molecule has 1 aliphatic heterocycles. The summed E-state index contributed by atoms with van der Waals surface area (Å²) in [7, 11) is 0. The summed E-state index contributed by atoms with van der Waals surface area (Å²) < 4.78 is 43.5. The number of aromatic nitrogens is 2. The molecule has 0 saturated carbocycles. The van der Waals surface area contributed by atoms with E-state index in [1.807, 2.05) is 0 Å². The number of hydrogen-bond acceptors (Lipinski definition) is 5. The molecular weight excluding hydrogens is 425 g/mol. The van der Waals surface area contributed by atoms with E-state index in [-0.39, 0.29) is 29.9 Å².